The van der Waals surface area contributed by atoms with Gasteiger partial charge >= 0.3 is 5.97 Å². The molecule has 0 aliphatic carbocycles. The molecule has 1 fully saturated rings. The molecule has 1 heterocycles. The first kappa shape index (κ1) is 18.0. The van der Waals surface area contributed by atoms with Crippen LogP contribution < -0.4 is 10.2 Å². The number of aromatic carboxylic acids is 1. The van der Waals surface area contributed by atoms with Crippen molar-refractivity contribution in [1.82, 2.24) is 0 Å². The van der Waals surface area contributed by atoms with Gasteiger partial charge in [-0.1, -0.05) is 11.8 Å². The molecule has 2 N–H and O–H groups in total. The number of anilines is 2. The van der Waals surface area contributed by atoms with Gasteiger partial charge < -0.3 is 15.3 Å². The van der Waals surface area contributed by atoms with Gasteiger partial charge in [-0.05, 0) is 24.1 Å². The van der Waals surface area contributed by atoms with E-state index in [0.717, 1.165) is 0 Å². The van der Waals surface area contributed by atoms with Crippen molar-refractivity contribution in [2.24, 2.45) is 5.92 Å². The third kappa shape index (κ3) is 4.35. The first-order valence-corrected chi connectivity index (χ1v) is 8.35. The summed E-state index contributed by atoms with van der Waals surface area (Å²) in [4.78, 5) is 47.4. The van der Waals surface area contributed by atoms with Crippen LogP contribution in [0.15, 0.2) is 18.2 Å². The summed E-state index contributed by atoms with van der Waals surface area (Å²) >= 11 is 1.17. The monoisotopic (exact) mass is 350 g/mol. The van der Waals surface area contributed by atoms with Gasteiger partial charge in [0, 0.05) is 38.3 Å². The molecule has 0 radical (unpaired) electrons. The number of nitrogens with one attached hydrogen (secondary N) is 1. The van der Waals surface area contributed by atoms with Crippen LogP contribution in [0.2, 0.25) is 0 Å². The van der Waals surface area contributed by atoms with E-state index in [0.29, 0.717) is 23.7 Å². The van der Waals surface area contributed by atoms with Gasteiger partial charge in [0.05, 0.1) is 11.3 Å². The molecule has 1 aromatic carbocycles. The van der Waals surface area contributed by atoms with Crippen LogP contribution in [0.5, 0.6) is 0 Å². The molecule has 24 heavy (non-hydrogen) atoms. The highest BCUT2D eigenvalue weighted by atomic mass is 32.2. The van der Waals surface area contributed by atoms with E-state index in [-0.39, 0.29) is 34.8 Å². The van der Waals surface area contributed by atoms with Crippen LogP contribution in [0.4, 0.5) is 11.4 Å². The highest BCUT2D eigenvalue weighted by molar-refractivity contribution is 8.13. The quantitative estimate of drug-likeness (QED) is 0.841. The average molecular weight is 350 g/mol. The first-order chi connectivity index (χ1) is 11.3. The van der Waals surface area contributed by atoms with E-state index in [1.165, 1.54) is 42.6 Å². The van der Waals surface area contributed by atoms with E-state index >= 15 is 0 Å². The summed E-state index contributed by atoms with van der Waals surface area (Å²) in [7, 11) is 0. The lowest BCUT2D eigenvalue weighted by molar-refractivity contribution is -0.117. The van der Waals surface area contributed by atoms with Crippen LogP contribution in [-0.2, 0) is 14.4 Å². The highest BCUT2D eigenvalue weighted by Gasteiger charge is 2.33. The Morgan fingerprint density at radius 3 is 2.62 bits per heavy atom. The number of hydrogen-bond donors (Lipinski definition) is 2. The van der Waals surface area contributed by atoms with Crippen LogP contribution in [0.25, 0.3) is 0 Å². The van der Waals surface area contributed by atoms with Gasteiger partial charge in [-0.25, -0.2) is 4.79 Å². The Hall–Kier alpha value is -2.35. The molecule has 0 bridgehead atoms. The van der Waals surface area contributed by atoms with Crippen LogP contribution in [0, 0.1) is 5.92 Å². The number of carbonyl (C=O) groups excluding carboxylic acids is 3. The molecule has 1 aromatic rings. The number of carbonyl (C=O) groups is 4. The maximum Gasteiger partial charge on any atom is 0.337 e. The molecule has 1 aliphatic rings. The fourth-order valence-electron chi connectivity index (χ4n) is 2.58. The van der Waals surface area contributed by atoms with E-state index in [4.69, 9.17) is 0 Å². The minimum absolute atomic E-state index is 0.00284. The summed E-state index contributed by atoms with van der Waals surface area (Å²) < 4.78 is 0. The molecule has 0 aromatic heterocycles. The molecule has 7 nitrogen and oxygen atoms in total. The summed E-state index contributed by atoms with van der Waals surface area (Å²) in [6.07, 6.45) is 0.285. The fourth-order valence-corrected chi connectivity index (χ4v) is 3.28. The summed E-state index contributed by atoms with van der Waals surface area (Å²) in [5.74, 6) is -1.12. The smallest absolute Gasteiger partial charge is 0.337 e. The van der Waals surface area contributed by atoms with Crippen molar-refractivity contribution in [1.29, 1.82) is 0 Å². The number of thioether (sulfide) groups is 1. The molecule has 2 rings (SSSR count). The minimum Gasteiger partial charge on any atom is -0.478 e. The molecule has 0 saturated carbocycles. The van der Waals surface area contributed by atoms with Gasteiger partial charge in [0.1, 0.15) is 0 Å². The van der Waals surface area contributed by atoms with E-state index in [1.807, 2.05) is 0 Å². The number of hydrogen-bond acceptors (Lipinski definition) is 5. The maximum atomic E-state index is 12.2. The van der Waals surface area contributed by atoms with E-state index in [9.17, 15) is 24.3 Å². The van der Waals surface area contributed by atoms with Crippen LogP contribution in [-0.4, -0.2) is 40.3 Å². The second-order valence-corrected chi connectivity index (χ2v) is 6.79. The van der Waals surface area contributed by atoms with Gasteiger partial charge in [-0.3, -0.25) is 14.4 Å². The Kier molecular flexibility index (Phi) is 5.61. The standard InChI is InChI=1S/C16H18N2O5S/c1-9(19)17-12-3-4-14(13(6-12)16(22)23)18-7-11(5-15(18)21)8-24-10(2)20/h3-4,6,11H,5,7-8H2,1-2H3,(H,17,19)(H,22,23). The summed E-state index contributed by atoms with van der Waals surface area (Å²) in [5.41, 5.74) is 0.616. The summed E-state index contributed by atoms with van der Waals surface area (Å²) in [6.45, 7) is 3.18. The third-order valence-electron chi connectivity index (χ3n) is 3.57. The molecule has 0 spiro atoms. The van der Waals surface area contributed by atoms with E-state index < -0.39 is 5.97 Å². The van der Waals surface area contributed by atoms with E-state index in [1.54, 1.807) is 6.07 Å². The van der Waals surface area contributed by atoms with E-state index in [2.05, 4.69) is 5.32 Å². The van der Waals surface area contributed by atoms with Gasteiger partial charge in [-0.15, -0.1) is 0 Å². The third-order valence-corrected chi connectivity index (χ3v) is 4.61. The zero-order valence-corrected chi connectivity index (χ0v) is 14.2. The van der Waals surface area contributed by atoms with Gasteiger partial charge in [0.2, 0.25) is 11.8 Å². The number of carboxylic acids is 1. The highest BCUT2D eigenvalue weighted by Crippen LogP contribution is 2.31. The van der Waals surface area contributed by atoms with Crippen molar-refractivity contribution >= 4 is 46.0 Å². The molecule has 1 unspecified atom stereocenters. The van der Waals surface area contributed by atoms with Crippen molar-refractivity contribution in [3.8, 4) is 0 Å². The number of rotatable bonds is 5. The van der Waals surface area contributed by atoms with Crippen molar-refractivity contribution in [3.05, 3.63) is 23.8 Å². The molecule has 2 amide bonds. The van der Waals surface area contributed by atoms with Crippen LogP contribution in [0.1, 0.15) is 30.6 Å². The molecule has 128 valence electrons. The summed E-state index contributed by atoms with van der Waals surface area (Å²) in [5, 5.41) is 11.9. The first-order valence-electron chi connectivity index (χ1n) is 7.36. The predicted molar refractivity (Wildman–Crippen MR) is 91.3 cm³/mol. The predicted octanol–water partition coefficient (Wildman–Crippen LogP) is 1.98. The van der Waals surface area contributed by atoms with Gasteiger partial charge in [0.25, 0.3) is 0 Å². The summed E-state index contributed by atoms with van der Waals surface area (Å²) in [6, 6.07) is 4.42. The Bertz CT molecular complexity index is 704. The lowest BCUT2D eigenvalue weighted by Crippen LogP contribution is -2.27. The molecule has 1 atom stereocenters. The largest absolute Gasteiger partial charge is 0.478 e. The fraction of sp³-hybridized carbons (Fsp3) is 0.375. The Morgan fingerprint density at radius 2 is 2.04 bits per heavy atom. The van der Waals surface area contributed by atoms with Crippen LogP contribution >= 0.6 is 11.8 Å². The van der Waals surface area contributed by atoms with Crippen molar-refractivity contribution in [2.75, 3.05) is 22.5 Å². The minimum atomic E-state index is -1.17. The number of amides is 2. The zero-order valence-electron chi connectivity index (χ0n) is 13.4. The number of benzene rings is 1. The zero-order chi connectivity index (χ0) is 17.9. The number of carboxylic acid groups (broad SMARTS) is 1. The SMILES string of the molecule is CC(=O)Nc1ccc(N2CC(CSC(C)=O)CC2=O)c(C(=O)O)c1. The lowest BCUT2D eigenvalue weighted by atomic mass is 10.1. The van der Waals surface area contributed by atoms with Crippen molar-refractivity contribution in [3.63, 3.8) is 0 Å². The topological polar surface area (TPSA) is 104 Å². The Balaban J connectivity index is 2.24. The van der Waals surface area contributed by atoms with Crippen LogP contribution in [0.3, 0.4) is 0 Å². The molecule has 1 saturated heterocycles. The maximum absolute atomic E-state index is 12.2. The molecule has 1 aliphatic heterocycles. The second kappa shape index (κ2) is 7.48. The Morgan fingerprint density at radius 1 is 1.33 bits per heavy atom. The molecular formula is C16H18N2O5S. The normalized spacial score (nSPS) is 17.0. The lowest BCUT2D eigenvalue weighted by Gasteiger charge is -2.19. The van der Waals surface area contributed by atoms with Crippen molar-refractivity contribution < 1.29 is 24.3 Å². The molecule has 8 heteroatoms. The van der Waals surface area contributed by atoms with Crippen molar-refractivity contribution in [2.45, 2.75) is 20.3 Å². The second-order valence-electron chi connectivity index (χ2n) is 5.60. The molecular weight excluding hydrogens is 332 g/mol. The van der Waals surface area contributed by atoms with Gasteiger partial charge in [0.15, 0.2) is 5.12 Å². The van der Waals surface area contributed by atoms with Gasteiger partial charge in [-0.2, -0.15) is 0 Å². The Labute approximate surface area is 143 Å². The number of nitrogens with zero attached hydrogens (tertiary/aromatic N) is 1. The average Bonchev–Trinajstić information content (AvgIpc) is 2.85.